The summed E-state index contributed by atoms with van der Waals surface area (Å²) in [5.41, 5.74) is 6.40. The fourth-order valence-electron chi connectivity index (χ4n) is 1.58. The summed E-state index contributed by atoms with van der Waals surface area (Å²) >= 11 is 6.01. The van der Waals surface area contributed by atoms with Crippen molar-refractivity contribution in [2.75, 3.05) is 0 Å². The monoisotopic (exact) mass is 296 g/mol. The van der Waals surface area contributed by atoms with Crippen molar-refractivity contribution in [3.63, 3.8) is 0 Å². The van der Waals surface area contributed by atoms with Gasteiger partial charge in [-0.3, -0.25) is 5.41 Å². The van der Waals surface area contributed by atoms with E-state index in [2.05, 4.69) is 0 Å². The summed E-state index contributed by atoms with van der Waals surface area (Å²) in [6.07, 6.45) is 0. The molecule has 0 heterocycles. The normalized spacial score (nSPS) is 10.3. The summed E-state index contributed by atoms with van der Waals surface area (Å²) in [4.78, 5) is 0. The maximum Gasteiger partial charge on any atom is 0.165 e. The van der Waals surface area contributed by atoms with Crippen LogP contribution in [0.4, 0.5) is 8.78 Å². The molecule has 0 aliphatic carbocycles. The van der Waals surface area contributed by atoms with E-state index >= 15 is 0 Å². The number of halogens is 3. The van der Waals surface area contributed by atoms with Gasteiger partial charge in [0, 0.05) is 22.2 Å². The first-order valence-corrected chi connectivity index (χ1v) is 6.06. The molecule has 0 saturated carbocycles. The van der Waals surface area contributed by atoms with Crippen molar-refractivity contribution in [2.45, 2.75) is 6.61 Å². The molecule has 0 atom stereocenters. The molecule has 0 radical (unpaired) electrons. The molecule has 3 nitrogen and oxygen atoms in total. The standard InChI is InChI=1S/C14H11ClF2N2O/c15-11-5-8(14(18)19)1-2-9(11)7-20-13-6-10(16)3-4-12(13)17/h1-6H,7H2,(H3,18,19). The SMILES string of the molecule is N=C(N)c1ccc(COc2cc(F)ccc2F)c(Cl)c1. The van der Waals surface area contributed by atoms with E-state index in [0.29, 0.717) is 16.1 Å². The van der Waals surface area contributed by atoms with Crippen molar-refractivity contribution >= 4 is 17.4 Å². The molecule has 2 aromatic carbocycles. The molecule has 0 saturated heterocycles. The number of amidine groups is 1. The summed E-state index contributed by atoms with van der Waals surface area (Å²) in [7, 11) is 0. The van der Waals surface area contributed by atoms with Crippen molar-refractivity contribution in [3.05, 3.63) is 64.2 Å². The lowest BCUT2D eigenvalue weighted by atomic mass is 10.1. The molecule has 0 fully saturated rings. The first kappa shape index (κ1) is 14.3. The van der Waals surface area contributed by atoms with Crippen molar-refractivity contribution < 1.29 is 13.5 Å². The highest BCUT2D eigenvalue weighted by Gasteiger charge is 2.08. The van der Waals surface area contributed by atoms with E-state index < -0.39 is 11.6 Å². The van der Waals surface area contributed by atoms with E-state index in [-0.39, 0.29) is 18.2 Å². The van der Waals surface area contributed by atoms with E-state index in [9.17, 15) is 8.78 Å². The van der Waals surface area contributed by atoms with Gasteiger partial charge in [0.05, 0.1) is 0 Å². The second kappa shape index (κ2) is 5.88. The molecule has 0 unspecified atom stereocenters. The van der Waals surface area contributed by atoms with Crippen LogP contribution in [0.1, 0.15) is 11.1 Å². The Balaban J connectivity index is 2.15. The first-order chi connectivity index (χ1) is 9.47. The number of rotatable bonds is 4. The van der Waals surface area contributed by atoms with E-state index in [1.807, 2.05) is 0 Å². The number of ether oxygens (including phenoxy) is 1. The van der Waals surface area contributed by atoms with Crippen molar-refractivity contribution in [1.82, 2.24) is 0 Å². The van der Waals surface area contributed by atoms with E-state index in [0.717, 1.165) is 18.2 Å². The lowest BCUT2D eigenvalue weighted by Gasteiger charge is -2.09. The van der Waals surface area contributed by atoms with E-state index in [4.69, 9.17) is 27.5 Å². The number of nitrogens with one attached hydrogen (secondary N) is 1. The lowest BCUT2D eigenvalue weighted by molar-refractivity contribution is 0.288. The molecule has 20 heavy (non-hydrogen) atoms. The minimum atomic E-state index is -0.650. The van der Waals surface area contributed by atoms with Gasteiger partial charge in [0.25, 0.3) is 0 Å². The van der Waals surface area contributed by atoms with Crippen LogP contribution in [0.5, 0.6) is 5.75 Å². The smallest absolute Gasteiger partial charge is 0.165 e. The maximum atomic E-state index is 13.4. The van der Waals surface area contributed by atoms with Gasteiger partial charge in [0.15, 0.2) is 11.6 Å². The summed E-state index contributed by atoms with van der Waals surface area (Å²) in [6.45, 7) is -0.0165. The largest absolute Gasteiger partial charge is 0.486 e. The second-order valence-electron chi connectivity index (χ2n) is 4.08. The van der Waals surface area contributed by atoms with E-state index in [1.54, 1.807) is 12.1 Å². The third-order valence-electron chi connectivity index (χ3n) is 2.64. The number of benzene rings is 2. The fraction of sp³-hybridized carbons (Fsp3) is 0.0714. The number of nitrogen functional groups attached to an aromatic ring is 1. The van der Waals surface area contributed by atoms with Crippen LogP contribution < -0.4 is 10.5 Å². The zero-order valence-corrected chi connectivity index (χ0v) is 11.0. The summed E-state index contributed by atoms with van der Waals surface area (Å²) in [6, 6.07) is 7.71. The highest BCUT2D eigenvalue weighted by atomic mass is 35.5. The average molecular weight is 297 g/mol. The average Bonchev–Trinajstić information content (AvgIpc) is 2.40. The number of hydrogen-bond acceptors (Lipinski definition) is 2. The summed E-state index contributed by atoms with van der Waals surface area (Å²) < 4.78 is 31.6. The fourth-order valence-corrected chi connectivity index (χ4v) is 1.81. The van der Waals surface area contributed by atoms with Crippen LogP contribution in [0.25, 0.3) is 0 Å². The second-order valence-corrected chi connectivity index (χ2v) is 4.49. The Hall–Kier alpha value is -2.14. The van der Waals surface area contributed by atoms with Crippen LogP contribution in [-0.2, 0) is 6.61 Å². The van der Waals surface area contributed by atoms with Crippen LogP contribution in [0, 0.1) is 17.0 Å². The third kappa shape index (κ3) is 3.24. The van der Waals surface area contributed by atoms with Gasteiger partial charge < -0.3 is 10.5 Å². The topological polar surface area (TPSA) is 59.1 Å². The number of hydrogen-bond donors (Lipinski definition) is 2. The third-order valence-corrected chi connectivity index (χ3v) is 2.99. The molecule has 6 heteroatoms. The Morgan fingerprint density at radius 2 is 1.95 bits per heavy atom. The summed E-state index contributed by atoms with van der Waals surface area (Å²) in [5.74, 6) is -1.52. The molecule has 0 amide bonds. The van der Waals surface area contributed by atoms with Crippen molar-refractivity contribution in [2.24, 2.45) is 5.73 Å². The van der Waals surface area contributed by atoms with Crippen LogP contribution in [0.15, 0.2) is 36.4 Å². The summed E-state index contributed by atoms with van der Waals surface area (Å²) in [5, 5.41) is 7.63. The molecule has 2 aromatic rings. The predicted octanol–water partition coefficient (Wildman–Crippen LogP) is 3.48. The van der Waals surface area contributed by atoms with Crippen LogP contribution in [0.3, 0.4) is 0 Å². The molecule has 0 aromatic heterocycles. The quantitative estimate of drug-likeness (QED) is 0.670. The molecule has 0 spiro atoms. The predicted molar refractivity (Wildman–Crippen MR) is 73.2 cm³/mol. The Labute approximate surface area is 119 Å². The Kier molecular flexibility index (Phi) is 4.20. The van der Waals surface area contributed by atoms with Crippen LogP contribution >= 0.6 is 11.6 Å². The highest BCUT2D eigenvalue weighted by Crippen LogP contribution is 2.22. The molecule has 0 aliphatic heterocycles. The zero-order valence-electron chi connectivity index (χ0n) is 10.3. The molecule has 104 valence electrons. The Morgan fingerprint density at radius 3 is 2.60 bits per heavy atom. The van der Waals surface area contributed by atoms with Gasteiger partial charge in [-0.15, -0.1) is 0 Å². The molecule has 2 rings (SSSR count). The minimum Gasteiger partial charge on any atom is -0.486 e. The minimum absolute atomic E-state index is 0.0165. The molecule has 3 N–H and O–H groups in total. The molecule has 0 bridgehead atoms. The van der Waals surface area contributed by atoms with Crippen molar-refractivity contribution in [3.8, 4) is 5.75 Å². The van der Waals surface area contributed by atoms with Crippen LogP contribution in [0.2, 0.25) is 5.02 Å². The maximum absolute atomic E-state index is 13.4. The van der Waals surface area contributed by atoms with Crippen LogP contribution in [-0.4, -0.2) is 5.84 Å². The van der Waals surface area contributed by atoms with Gasteiger partial charge in [-0.1, -0.05) is 23.7 Å². The molecule has 0 aliphatic rings. The van der Waals surface area contributed by atoms with Gasteiger partial charge in [0.1, 0.15) is 18.3 Å². The molecular weight excluding hydrogens is 286 g/mol. The van der Waals surface area contributed by atoms with Gasteiger partial charge in [-0.2, -0.15) is 0 Å². The van der Waals surface area contributed by atoms with E-state index in [1.165, 1.54) is 6.07 Å². The van der Waals surface area contributed by atoms with Crippen molar-refractivity contribution in [1.29, 1.82) is 5.41 Å². The van der Waals surface area contributed by atoms with Gasteiger partial charge in [-0.05, 0) is 18.2 Å². The lowest BCUT2D eigenvalue weighted by Crippen LogP contribution is -2.11. The van der Waals surface area contributed by atoms with Gasteiger partial charge in [-0.25, -0.2) is 8.78 Å². The Bertz CT molecular complexity index is 662. The molecular formula is C14H11ClF2N2O. The highest BCUT2D eigenvalue weighted by molar-refractivity contribution is 6.31. The van der Waals surface area contributed by atoms with Gasteiger partial charge >= 0.3 is 0 Å². The first-order valence-electron chi connectivity index (χ1n) is 5.68. The van der Waals surface area contributed by atoms with Gasteiger partial charge in [0.2, 0.25) is 0 Å². The number of nitrogens with two attached hydrogens (primary N) is 1. The zero-order chi connectivity index (χ0) is 14.7. The Morgan fingerprint density at radius 1 is 1.20 bits per heavy atom.